The van der Waals surface area contributed by atoms with E-state index in [1.54, 1.807) is 12.3 Å². The third-order valence-corrected chi connectivity index (χ3v) is 3.18. The molecule has 0 atom stereocenters. The summed E-state index contributed by atoms with van der Waals surface area (Å²) in [5.74, 6) is 0.736. The molecular weight excluding hydrogens is 264 g/mol. The molecule has 0 bridgehead atoms. The fourth-order valence-corrected chi connectivity index (χ4v) is 1.96. The van der Waals surface area contributed by atoms with Gasteiger partial charge in [-0.3, -0.25) is 4.79 Å². The first-order valence-electron chi connectivity index (χ1n) is 7.76. The lowest BCUT2D eigenvalue weighted by Gasteiger charge is -2.10. The number of unbranched alkanes of at least 4 members (excludes halogenated alkanes) is 2. The Morgan fingerprint density at radius 1 is 1.24 bits per heavy atom. The lowest BCUT2D eigenvalue weighted by atomic mass is 10.2. The molecule has 0 spiro atoms. The van der Waals surface area contributed by atoms with E-state index < -0.39 is 0 Å². The van der Waals surface area contributed by atoms with Gasteiger partial charge in [0.05, 0.1) is 0 Å². The Bertz CT molecular complexity index is 420. The van der Waals surface area contributed by atoms with E-state index in [9.17, 15) is 4.79 Å². The largest absolute Gasteiger partial charge is 0.370 e. The SMILES string of the molecule is CCCCCNc1cc(C(=O)NCCCN(C)C)ccn1. The van der Waals surface area contributed by atoms with E-state index in [1.165, 1.54) is 12.8 Å². The Hall–Kier alpha value is -1.62. The topological polar surface area (TPSA) is 57.3 Å². The Labute approximate surface area is 128 Å². The maximum atomic E-state index is 12.0. The van der Waals surface area contributed by atoms with Crippen LogP contribution in [-0.4, -0.2) is 49.5 Å². The highest BCUT2D eigenvalue weighted by molar-refractivity contribution is 5.94. The van der Waals surface area contributed by atoms with Gasteiger partial charge in [-0.25, -0.2) is 4.98 Å². The second-order valence-electron chi connectivity index (χ2n) is 5.48. The van der Waals surface area contributed by atoms with Crippen molar-refractivity contribution >= 4 is 11.7 Å². The maximum absolute atomic E-state index is 12.0. The van der Waals surface area contributed by atoms with E-state index in [4.69, 9.17) is 0 Å². The minimum Gasteiger partial charge on any atom is -0.370 e. The summed E-state index contributed by atoms with van der Waals surface area (Å²) in [7, 11) is 4.06. The average Bonchev–Trinajstić information content (AvgIpc) is 2.48. The predicted octanol–water partition coefficient (Wildman–Crippen LogP) is 2.37. The van der Waals surface area contributed by atoms with Crippen molar-refractivity contribution in [1.29, 1.82) is 0 Å². The monoisotopic (exact) mass is 292 g/mol. The first kappa shape index (κ1) is 17.4. The van der Waals surface area contributed by atoms with Gasteiger partial charge in [-0.05, 0) is 45.6 Å². The lowest BCUT2D eigenvalue weighted by Crippen LogP contribution is -2.27. The van der Waals surface area contributed by atoms with Crippen molar-refractivity contribution in [3.63, 3.8) is 0 Å². The minimum absolute atomic E-state index is 0.0345. The van der Waals surface area contributed by atoms with Crippen molar-refractivity contribution in [2.24, 2.45) is 0 Å². The van der Waals surface area contributed by atoms with Crippen LogP contribution in [0.3, 0.4) is 0 Å². The number of carbonyl (C=O) groups excluding carboxylic acids is 1. The number of hydrogen-bond acceptors (Lipinski definition) is 4. The summed E-state index contributed by atoms with van der Waals surface area (Å²) in [5, 5.41) is 6.20. The van der Waals surface area contributed by atoms with Gasteiger partial charge in [-0.15, -0.1) is 0 Å². The molecule has 21 heavy (non-hydrogen) atoms. The summed E-state index contributed by atoms with van der Waals surface area (Å²) in [4.78, 5) is 18.4. The summed E-state index contributed by atoms with van der Waals surface area (Å²) in [6, 6.07) is 3.56. The zero-order valence-electron chi connectivity index (χ0n) is 13.5. The highest BCUT2D eigenvalue weighted by atomic mass is 16.1. The quantitative estimate of drug-likeness (QED) is 0.650. The third-order valence-electron chi connectivity index (χ3n) is 3.18. The molecule has 0 saturated carbocycles. The molecule has 1 heterocycles. The number of nitrogens with one attached hydrogen (secondary N) is 2. The molecular formula is C16H28N4O. The molecule has 0 aromatic carbocycles. The first-order valence-corrected chi connectivity index (χ1v) is 7.76. The number of amides is 1. The Morgan fingerprint density at radius 3 is 2.76 bits per heavy atom. The average molecular weight is 292 g/mol. The van der Waals surface area contributed by atoms with Gasteiger partial charge < -0.3 is 15.5 Å². The van der Waals surface area contributed by atoms with E-state index in [-0.39, 0.29) is 5.91 Å². The molecule has 0 fully saturated rings. The van der Waals surface area contributed by atoms with E-state index in [0.717, 1.165) is 31.7 Å². The van der Waals surface area contributed by atoms with Gasteiger partial charge in [0.1, 0.15) is 5.82 Å². The molecule has 1 amide bonds. The van der Waals surface area contributed by atoms with Crippen molar-refractivity contribution in [3.8, 4) is 0 Å². The number of nitrogens with zero attached hydrogens (tertiary/aromatic N) is 2. The van der Waals surface area contributed by atoms with Gasteiger partial charge in [0.2, 0.25) is 0 Å². The second-order valence-corrected chi connectivity index (χ2v) is 5.48. The molecule has 0 aliphatic heterocycles. The first-order chi connectivity index (χ1) is 10.1. The summed E-state index contributed by atoms with van der Waals surface area (Å²) in [5.41, 5.74) is 0.660. The van der Waals surface area contributed by atoms with Crippen molar-refractivity contribution < 1.29 is 4.79 Å². The van der Waals surface area contributed by atoms with Crippen LogP contribution < -0.4 is 10.6 Å². The fourth-order valence-electron chi connectivity index (χ4n) is 1.96. The van der Waals surface area contributed by atoms with Gasteiger partial charge in [0, 0.05) is 24.8 Å². The van der Waals surface area contributed by atoms with Gasteiger partial charge >= 0.3 is 0 Å². The molecule has 5 heteroatoms. The van der Waals surface area contributed by atoms with E-state index in [1.807, 2.05) is 20.2 Å². The molecule has 0 aliphatic rings. The van der Waals surface area contributed by atoms with Crippen LogP contribution in [0.2, 0.25) is 0 Å². The van der Waals surface area contributed by atoms with Crippen molar-refractivity contribution in [1.82, 2.24) is 15.2 Å². The van der Waals surface area contributed by atoms with Crippen LogP contribution in [-0.2, 0) is 0 Å². The third kappa shape index (κ3) is 7.66. The number of carbonyl (C=O) groups is 1. The van der Waals surface area contributed by atoms with Gasteiger partial charge in [0.25, 0.3) is 5.91 Å². The minimum atomic E-state index is -0.0345. The summed E-state index contributed by atoms with van der Waals surface area (Å²) in [6.07, 6.45) is 6.16. The highest BCUT2D eigenvalue weighted by Crippen LogP contribution is 2.07. The van der Waals surface area contributed by atoms with Crippen LogP contribution >= 0.6 is 0 Å². The number of pyridine rings is 1. The Balaban J connectivity index is 2.38. The fraction of sp³-hybridized carbons (Fsp3) is 0.625. The number of hydrogen-bond donors (Lipinski definition) is 2. The standard InChI is InChI=1S/C16H28N4O/c1-4-5-6-9-17-15-13-14(8-11-18-15)16(21)19-10-7-12-20(2)3/h8,11,13H,4-7,9-10,12H2,1-3H3,(H,17,18)(H,19,21). The molecule has 5 nitrogen and oxygen atoms in total. The lowest BCUT2D eigenvalue weighted by molar-refractivity contribution is 0.0952. The normalized spacial score (nSPS) is 10.7. The van der Waals surface area contributed by atoms with Crippen molar-refractivity contribution in [3.05, 3.63) is 23.9 Å². The van der Waals surface area contributed by atoms with Crippen LogP contribution in [0.5, 0.6) is 0 Å². The maximum Gasteiger partial charge on any atom is 0.251 e. The molecule has 118 valence electrons. The molecule has 0 aliphatic carbocycles. The molecule has 1 rings (SSSR count). The molecule has 0 saturated heterocycles. The highest BCUT2D eigenvalue weighted by Gasteiger charge is 2.06. The Morgan fingerprint density at radius 2 is 2.05 bits per heavy atom. The van der Waals surface area contributed by atoms with Crippen LogP contribution in [0.4, 0.5) is 5.82 Å². The van der Waals surface area contributed by atoms with Crippen LogP contribution in [0.25, 0.3) is 0 Å². The zero-order valence-corrected chi connectivity index (χ0v) is 13.5. The number of aromatic nitrogens is 1. The van der Waals surface area contributed by atoms with Crippen molar-refractivity contribution in [2.45, 2.75) is 32.6 Å². The van der Waals surface area contributed by atoms with E-state index in [0.29, 0.717) is 12.1 Å². The molecule has 1 aromatic heterocycles. The van der Waals surface area contributed by atoms with Gasteiger partial charge in [-0.1, -0.05) is 19.8 Å². The second kappa shape index (κ2) is 10.2. The van der Waals surface area contributed by atoms with E-state index >= 15 is 0 Å². The predicted molar refractivity (Wildman–Crippen MR) is 87.8 cm³/mol. The summed E-state index contributed by atoms with van der Waals surface area (Å²) < 4.78 is 0. The van der Waals surface area contributed by atoms with Crippen LogP contribution in [0.1, 0.15) is 43.0 Å². The molecule has 2 N–H and O–H groups in total. The molecule has 1 aromatic rings. The molecule has 0 radical (unpaired) electrons. The van der Waals surface area contributed by atoms with Crippen molar-refractivity contribution in [2.75, 3.05) is 39.0 Å². The van der Waals surface area contributed by atoms with Crippen LogP contribution in [0.15, 0.2) is 18.3 Å². The number of anilines is 1. The van der Waals surface area contributed by atoms with Crippen LogP contribution in [0, 0.1) is 0 Å². The number of rotatable bonds is 10. The summed E-state index contributed by atoms with van der Waals surface area (Å²) in [6.45, 7) is 4.74. The zero-order chi connectivity index (χ0) is 15.5. The molecule has 0 unspecified atom stereocenters. The van der Waals surface area contributed by atoms with Gasteiger partial charge in [0.15, 0.2) is 0 Å². The van der Waals surface area contributed by atoms with Gasteiger partial charge in [-0.2, -0.15) is 0 Å². The smallest absolute Gasteiger partial charge is 0.251 e. The Kier molecular flexibility index (Phi) is 8.43. The van der Waals surface area contributed by atoms with E-state index in [2.05, 4.69) is 27.4 Å². The summed E-state index contributed by atoms with van der Waals surface area (Å²) >= 11 is 0.